The Morgan fingerprint density at radius 3 is 3.00 bits per heavy atom. The highest BCUT2D eigenvalue weighted by atomic mass is 32.2. The van der Waals surface area contributed by atoms with Gasteiger partial charge >= 0.3 is 5.76 Å². The minimum Gasteiger partial charge on any atom is -0.408 e. The molecule has 1 fully saturated rings. The van der Waals surface area contributed by atoms with Crippen LogP contribution in [-0.4, -0.2) is 29.2 Å². The van der Waals surface area contributed by atoms with E-state index in [1.807, 2.05) is 36.0 Å². The number of nitrogens with one attached hydrogen (secondary N) is 1. The van der Waals surface area contributed by atoms with Gasteiger partial charge in [0.1, 0.15) is 0 Å². The van der Waals surface area contributed by atoms with Gasteiger partial charge in [-0.2, -0.15) is 11.8 Å². The molecule has 18 heavy (non-hydrogen) atoms. The van der Waals surface area contributed by atoms with E-state index in [0.717, 1.165) is 36.8 Å². The standard InChI is InChI=1S/C13H16N2O2S/c16-13-15(5-6-18-9-10-7-14-8-10)11-3-1-2-4-12(11)17-13/h1-4,10,14H,5-9H2. The number of hydrogen-bond acceptors (Lipinski definition) is 4. The number of fused-ring (bicyclic) bond motifs is 1. The second kappa shape index (κ2) is 5.20. The van der Waals surface area contributed by atoms with Crippen LogP contribution in [0.4, 0.5) is 0 Å². The minimum absolute atomic E-state index is 0.248. The zero-order valence-electron chi connectivity index (χ0n) is 10.1. The maximum atomic E-state index is 11.7. The summed E-state index contributed by atoms with van der Waals surface area (Å²) in [6, 6.07) is 7.58. The molecule has 2 aromatic rings. The van der Waals surface area contributed by atoms with E-state index >= 15 is 0 Å². The molecule has 1 saturated heterocycles. The Balaban J connectivity index is 1.63. The highest BCUT2D eigenvalue weighted by Gasteiger charge is 2.16. The van der Waals surface area contributed by atoms with E-state index in [1.54, 1.807) is 4.57 Å². The fraction of sp³-hybridized carbons (Fsp3) is 0.462. The average Bonchev–Trinajstić information content (AvgIpc) is 2.63. The Kier molecular flexibility index (Phi) is 3.43. The minimum atomic E-state index is -0.248. The van der Waals surface area contributed by atoms with Crippen molar-refractivity contribution >= 4 is 22.9 Å². The Labute approximate surface area is 109 Å². The van der Waals surface area contributed by atoms with Crippen LogP contribution in [-0.2, 0) is 6.54 Å². The van der Waals surface area contributed by atoms with E-state index in [0.29, 0.717) is 5.58 Å². The number of aryl methyl sites for hydroxylation is 1. The lowest BCUT2D eigenvalue weighted by molar-refractivity contribution is 0.385. The normalized spacial score (nSPS) is 16.0. The van der Waals surface area contributed by atoms with Crippen molar-refractivity contribution in [3.8, 4) is 0 Å². The van der Waals surface area contributed by atoms with Crippen LogP contribution in [0.5, 0.6) is 0 Å². The number of aromatic nitrogens is 1. The van der Waals surface area contributed by atoms with E-state index in [-0.39, 0.29) is 5.76 Å². The number of rotatable bonds is 5. The summed E-state index contributed by atoms with van der Waals surface area (Å²) >= 11 is 1.91. The SMILES string of the molecule is O=c1oc2ccccc2n1CCSCC1CNC1. The van der Waals surface area contributed by atoms with Gasteiger partial charge in [-0.25, -0.2) is 4.79 Å². The van der Waals surface area contributed by atoms with Gasteiger partial charge < -0.3 is 9.73 Å². The first-order chi connectivity index (χ1) is 8.84. The third-order valence-electron chi connectivity index (χ3n) is 3.25. The van der Waals surface area contributed by atoms with Crippen LogP contribution in [0.3, 0.4) is 0 Å². The molecule has 1 aromatic carbocycles. The van der Waals surface area contributed by atoms with E-state index in [9.17, 15) is 4.79 Å². The lowest BCUT2D eigenvalue weighted by atomic mass is 10.1. The Bertz CT molecular complexity index is 586. The molecule has 1 aromatic heterocycles. The first-order valence-electron chi connectivity index (χ1n) is 6.21. The molecule has 0 aliphatic carbocycles. The second-order valence-corrected chi connectivity index (χ2v) is 5.74. The van der Waals surface area contributed by atoms with Crippen LogP contribution >= 0.6 is 11.8 Å². The summed E-state index contributed by atoms with van der Waals surface area (Å²) in [6.45, 7) is 3.00. The summed E-state index contributed by atoms with van der Waals surface area (Å²) in [5, 5.41) is 3.27. The van der Waals surface area contributed by atoms with Gasteiger partial charge in [-0.15, -0.1) is 0 Å². The second-order valence-electron chi connectivity index (χ2n) is 4.59. The first-order valence-corrected chi connectivity index (χ1v) is 7.37. The smallest absolute Gasteiger partial charge is 0.408 e. The molecule has 0 atom stereocenters. The van der Waals surface area contributed by atoms with Crippen molar-refractivity contribution in [2.45, 2.75) is 6.54 Å². The fourth-order valence-electron chi connectivity index (χ4n) is 2.10. The van der Waals surface area contributed by atoms with Crippen LogP contribution in [0.25, 0.3) is 11.1 Å². The van der Waals surface area contributed by atoms with Crippen molar-refractivity contribution in [1.29, 1.82) is 0 Å². The number of benzene rings is 1. The van der Waals surface area contributed by atoms with Crippen molar-refractivity contribution in [1.82, 2.24) is 9.88 Å². The number of oxazole rings is 1. The molecule has 0 saturated carbocycles. The maximum absolute atomic E-state index is 11.7. The molecule has 1 aliphatic heterocycles. The summed E-state index contributed by atoms with van der Waals surface area (Å²) in [5.74, 6) is 2.70. The van der Waals surface area contributed by atoms with Crippen LogP contribution in [0.1, 0.15) is 0 Å². The largest absolute Gasteiger partial charge is 0.419 e. The molecule has 4 nitrogen and oxygen atoms in total. The lowest BCUT2D eigenvalue weighted by Gasteiger charge is -2.26. The van der Waals surface area contributed by atoms with Crippen molar-refractivity contribution < 1.29 is 4.42 Å². The highest BCUT2D eigenvalue weighted by molar-refractivity contribution is 7.99. The van der Waals surface area contributed by atoms with Gasteiger partial charge in [0.15, 0.2) is 5.58 Å². The summed E-state index contributed by atoms with van der Waals surface area (Å²) in [4.78, 5) is 11.7. The average molecular weight is 264 g/mol. The van der Waals surface area contributed by atoms with Gasteiger partial charge in [0.25, 0.3) is 0 Å². The van der Waals surface area contributed by atoms with Gasteiger partial charge in [-0.05, 0) is 36.9 Å². The molecular weight excluding hydrogens is 248 g/mol. The molecule has 0 bridgehead atoms. The van der Waals surface area contributed by atoms with E-state index in [2.05, 4.69) is 5.32 Å². The quantitative estimate of drug-likeness (QED) is 0.832. The van der Waals surface area contributed by atoms with Crippen molar-refractivity contribution in [2.75, 3.05) is 24.6 Å². The summed E-state index contributed by atoms with van der Waals surface area (Å²) in [6.07, 6.45) is 0. The van der Waals surface area contributed by atoms with Crippen LogP contribution in [0.15, 0.2) is 33.5 Å². The van der Waals surface area contributed by atoms with E-state index in [4.69, 9.17) is 4.42 Å². The van der Waals surface area contributed by atoms with E-state index in [1.165, 1.54) is 5.75 Å². The molecular formula is C13H16N2O2S. The van der Waals surface area contributed by atoms with Crippen LogP contribution in [0.2, 0.25) is 0 Å². The highest BCUT2D eigenvalue weighted by Crippen LogP contribution is 2.15. The van der Waals surface area contributed by atoms with Crippen LogP contribution in [0, 0.1) is 5.92 Å². The maximum Gasteiger partial charge on any atom is 0.419 e. The van der Waals surface area contributed by atoms with Crippen LogP contribution < -0.4 is 11.1 Å². The molecule has 0 unspecified atom stereocenters. The molecule has 5 heteroatoms. The third kappa shape index (κ3) is 2.33. The monoisotopic (exact) mass is 264 g/mol. The topological polar surface area (TPSA) is 47.2 Å². The van der Waals surface area contributed by atoms with Gasteiger partial charge in [0, 0.05) is 12.3 Å². The molecule has 0 radical (unpaired) electrons. The van der Waals surface area contributed by atoms with Gasteiger partial charge in [-0.1, -0.05) is 12.1 Å². The predicted octanol–water partition coefficient (Wildman–Crippen LogP) is 1.55. The van der Waals surface area contributed by atoms with Gasteiger partial charge in [-0.3, -0.25) is 4.57 Å². The summed E-state index contributed by atoms with van der Waals surface area (Å²) in [7, 11) is 0. The van der Waals surface area contributed by atoms with Crippen molar-refractivity contribution in [2.24, 2.45) is 5.92 Å². The first kappa shape index (κ1) is 11.9. The predicted molar refractivity (Wildman–Crippen MR) is 74.2 cm³/mol. The zero-order valence-corrected chi connectivity index (χ0v) is 10.9. The number of hydrogen-bond donors (Lipinski definition) is 1. The van der Waals surface area contributed by atoms with E-state index < -0.39 is 0 Å². The molecule has 1 N–H and O–H groups in total. The number of nitrogens with zero attached hydrogens (tertiary/aromatic N) is 1. The number of thioether (sulfide) groups is 1. The molecule has 0 amide bonds. The molecule has 3 rings (SSSR count). The Morgan fingerprint density at radius 2 is 2.22 bits per heavy atom. The van der Waals surface area contributed by atoms with Gasteiger partial charge in [0.2, 0.25) is 0 Å². The molecule has 96 valence electrons. The fourth-order valence-corrected chi connectivity index (χ4v) is 3.15. The Morgan fingerprint density at radius 1 is 1.39 bits per heavy atom. The molecule has 1 aliphatic rings. The van der Waals surface area contributed by atoms with Crippen molar-refractivity contribution in [3.63, 3.8) is 0 Å². The third-order valence-corrected chi connectivity index (χ3v) is 4.43. The van der Waals surface area contributed by atoms with Crippen molar-refractivity contribution in [3.05, 3.63) is 34.8 Å². The Hall–Kier alpha value is -1.20. The van der Waals surface area contributed by atoms with Gasteiger partial charge in [0.05, 0.1) is 5.52 Å². The number of para-hydroxylation sites is 2. The summed E-state index contributed by atoms with van der Waals surface area (Å²) in [5.41, 5.74) is 1.57. The summed E-state index contributed by atoms with van der Waals surface area (Å²) < 4.78 is 6.92. The molecule has 0 spiro atoms. The zero-order chi connectivity index (χ0) is 12.4. The molecule has 2 heterocycles. The lowest BCUT2D eigenvalue weighted by Crippen LogP contribution is -2.43.